The summed E-state index contributed by atoms with van der Waals surface area (Å²) < 4.78 is 5.17. The fourth-order valence-corrected chi connectivity index (χ4v) is 2.62. The first kappa shape index (κ1) is 14.8. The van der Waals surface area contributed by atoms with E-state index in [2.05, 4.69) is 10.1 Å². The lowest BCUT2D eigenvalue weighted by Gasteiger charge is -2.32. The van der Waals surface area contributed by atoms with E-state index in [1.807, 2.05) is 31.2 Å². The molecule has 1 aliphatic heterocycles. The Labute approximate surface area is 119 Å². The lowest BCUT2D eigenvalue weighted by molar-refractivity contribution is 0.105. The lowest BCUT2D eigenvalue weighted by Crippen LogP contribution is -2.41. The van der Waals surface area contributed by atoms with Gasteiger partial charge in [0.25, 0.3) is 0 Å². The van der Waals surface area contributed by atoms with Crippen LogP contribution in [0.2, 0.25) is 0 Å². The first-order valence-electron chi connectivity index (χ1n) is 6.89. The Hall–Kier alpha value is -1.59. The van der Waals surface area contributed by atoms with Crippen LogP contribution in [0.5, 0.6) is 5.75 Å². The second-order valence-corrected chi connectivity index (χ2v) is 5.29. The molecule has 5 heteroatoms. The number of hydrogen-bond acceptors (Lipinski definition) is 5. The Morgan fingerprint density at radius 2 is 2.30 bits per heavy atom. The number of aliphatic hydroxyl groups is 1. The first-order valence-corrected chi connectivity index (χ1v) is 6.89. The molecule has 0 radical (unpaired) electrons. The van der Waals surface area contributed by atoms with E-state index in [0.29, 0.717) is 6.54 Å². The van der Waals surface area contributed by atoms with Crippen LogP contribution in [-0.2, 0) is 0 Å². The van der Waals surface area contributed by atoms with Crippen LogP contribution in [0.25, 0.3) is 0 Å². The smallest absolute Gasteiger partial charge is 0.119 e. The van der Waals surface area contributed by atoms with Crippen molar-refractivity contribution in [2.24, 2.45) is 11.1 Å². The number of benzene rings is 1. The molecular weight excluding hydrogens is 256 g/mol. The van der Waals surface area contributed by atoms with E-state index >= 15 is 0 Å². The van der Waals surface area contributed by atoms with Gasteiger partial charge in [-0.3, -0.25) is 4.90 Å². The van der Waals surface area contributed by atoms with Gasteiger partial charge in [-0.05, 0) is 17.7 Å². The van der Waals surface area contributed by atoms with Crippen LogP contribution in [-0.4, -0.2) is 47.7 Å². The van der Waals surface area contributed by atoms with Crippen LogP contribution in [0.15, 0.2) is 29.4 Å². The van der Waals surface area contributed by atoms with Gasteiger partial charge in [-0.1, -0.05) is 24.2 Å². The maximum Gasteiger partial charge on any atom is 0.119 e. The largest absolute Gasteiger partial charge is 0.497 e. The van der Waals surface area contributed by atoms with Gasteiger partial charge in [-0.15, -0.1) is 0 Å². The van der Waals surface area contributed by atoms with Crippen LogP contribution in [0.1, 0.15) is 25.0 Å². The molecule has 2 N–H and O–H groups in total. The third kappa shape index (κ3) is 3.49. The van der Waals surface area contributed by atoms with Gasteiger partial charge in [-0.2, -0.15) is 0 Å². The van der Waals surface area contributed by atoms with E-state index < -0.39 is 6.10 Å². The van der Waals surface area contributed by atoms with Crippen molar-refractivity contribution in [2.75, 3.05) is 26.7 Å². The van der Waals surface area contributed by atoms with Crippen molar-refractivity contribution >= 4 is 5.71 Å². The Morgan fingerprint density at radius 3 is 2.95 bits per heavy atom. The monoisotopic (exact) mass is 278 g/mol. The maximum absolute atomic E-state index is 10.3. The van der Waals surface area contributed by atoms with Crippen molar-refractivity contribution < 1.29 is 15.1 Å². The van der Waals surface area contributed by atoms with E-state index in [0.717, 1.165) is 36.5 Å². The Balaban J connectivity index is 1.96. The second kappa shape index (κ2) is 6.72. The van der Waals surface area contributed by atoms with Gasteiger partial charge in [0.1, 0.15) is 5.75 Å². The zero-order valence-corrected chi connectivity index (χ0v) is 12.0. The van der Waals surface area contributed by atoms with E-state index in [1.54, 1.807) is 7.11 Å². The summed E-state index contributed by atoms with van der Waals surface area (Å²) in [5.74, 6) is 0.981. The number of hydrogen-bond donors (Lipinski definition) is 2. The van der Waals surface area contributed by atoms with Crippen molar-refractivity contribution in [3.8, 4) is 5.75 Å². The van der Waals surface area contributed by atoms with Crippen LogP contribution in [0.3, 0.4) is 0 Å². The number of nitrogens with zero attached hydrogens (tertiary/aromatic N) is 2. The van der Waals surface area contributed by atoms with E-state index in [9.17, 15) is 5.11 Å². The Morgan fingerprint density at radius 1 is 1.50 bits per heavy atom. The summed E-state index contributed by atoms with van der Waals surface area (Å²) in [5, 5.41) is 22.5. The van der Waals surface area contributed by atoms with Crippen molar-refractivity contribution in [3.63, 3.8) is 0 Å². The maximum atomic E-state index is 10.3. The molecule has 1 saturated heterocycles. The quantitative estimate of drug-likeness (QED) is 0.652. The minimum absolute atomic E-state index is 0.228. The number of β-amino-alcohol motifs (C(OH)–C–C–N with tert-alkyl or cyclic N) is 1. The Bertz CT molecular complexity index is 476. The average Bonchev–Trinajstić information content (AvgIpc) is 2.47. The van der Waals surface area contributed by atoms with Crippen LogP contribution in [0.4, 0.5) is 0 Å². The number of likely N-dealkylation sites (tertiary alicyclic amines) is 1. The molecule has 1 fully saturated rings. The summed E-state index contributed by atoms with van der Waals surface area (Å²) in [6, 6.07) is 7.51. The van der Waals surface area contributed by atoms with Crippen molar-refractivity contribution in [1.82, 2.24) is 4.90 Å². The molecule has 0 saturated carbocycles. The van der Waals surface area contributed by atoms with Crippen molar-refractivity contribution in [2.45, 2.75) is 19.4 Å². The fraction of sp³-hybridized carbons (Fsp3) is 0.533. The molecule has 2 unspecified atom stereocenters. The SMILES string of the molecule is COc1cccc(C(O)CN2CC/C(=N/O)C(C)C2)c1. The number of ether oxygens (including phenoxy) is 1. The van der Waals surface area contributed by atoms with Gasteiger partial charge in [-0.25, -0.2) is 0 Å². The predicted molar refractivity (Wildman–Crippen MR) is 77.4 cm³/mol. The van der Waals surface area contributed by atoms with Crippen molar-refractivity contribution in [3.05, 3.63) is 29.8 Å². The summed E-state index contributed by atoms with van der Waals surface area (Å²) in [6.07, 6.45) is 0.215. The van der Waals surface area contributed by atoms with Gasteiger partial charge in [0.15, 0.2) is 0 Å². The molecule has 2 atom stereocenters. The third-order valence-electron chi connectivity index (χ3n) is 3.82. The van der Waals surface area contributed by atoms with E-state index in [1.165, 1.54) is 0 Å². The van der Waals surface area contributed by atoms with Gasteiger partial charge < -0.3 is 15.1 Å². The average molecular weight is 278 g/mol. The van der Waals surface area contributed by atoms with Gasteiger partial charge in [0.2, 0.25) is 0 Å². The molecule has 1 aromatic carbocycles. The highest BCUT2D eigenvalue weighted by atomic mass is 16.5. The number of methoxy groups -OCH3 is 1. The molecule has 110 valence electrons. The lowest BCUT2D eigenvalue weighted by atomic mass is 9.97. The van der Waals surface area contributed by atoms with Crippen LogP contribution < -0.4 is 4.74 Å². The van der Waals surface area contributed by atoms with E-state index in [4.69, 9.17) is 9.94 Å². The fourth-order valence-electron chi connectivity index (χ4n) is 2.62. The van der Waals surface area contributed by atoms with E-state index in [-0.39, 0.29) is 5.92 Å². The third-order valence-corrected chi connectivity index (χ3v) is 3.82. The zero-order valence-electron chi connectivity index (χ0n) is 12.0. The minimum Gasteiger partial charge on any atom is -0.497 e. The molecule has 2 rings (SSSR count). The first-order chi connectivity index (χ1) is 9.63. The standard InChI is InChI=1S/C15H22N2O3/c1-11-9-17(7-6-14(11)16-19)10-15(18)12-4-3-5-13(8-12)20-2/h3-5,8,11,15,18-19H,6-7,9-10H2,1-2H3/b16-14-. The second-order valence-electron chi connectivity index (χ2n) is 5.29. The zero-order chi connectivity index (χ0) is 14.5. The summed E-state index contributed by atoms with van der Waals surface area (Å²) in [4.78, 5) is 2.20. The molecule has 0 aliphatic carbocycles. The Kier molecular flexibility index (Phi) is 4.98. The summed E-state index contributed by atoms with van der Waals surface area (Å²) >= 11 is 0. The normalized spacial score (nSPS) is 23.8. The molecule has 0 spiro atoms. The summed E-state index contributed by atoms with van der Waals surface area (Å²) in [6.45, 7) is 4.24. The van der Waals surface area contributed by atoms with Gasteiger partial charge in [0, 0.05) is 32.0 Å². The molecule has 1 aliphatic rings. The van der Waals surface area contributed by atoms with Crippen LogP contribution >= 0.6 is 0 Å². The number of piperidine rings is 1. The molecule has 1 heterocycles. The highest BCUT2D eigenvalue weighted by Crippen LogP contribution is 2.22. The molecular formula is C15H22N2O3. The van der Waals surface area contributed by atoms with Gasteiger partial charge >= 0.3 is 0 Å². The summed E-state index contributed by atoms with van der Waals surface area (Å²) in [7, 11) is 1.62. The molecule has 20 heavy (non-hydrogen) atoms. The molecule has 0 amide bonds. The van der Waals surface area contributed by atoms with Crippen molar-refractivity contribution in [1.29, 1.82) is 0 Å². The summed E-state index contributed by atoms with van der Waals surface area (Å²) in [5.41, 5.74) is 1.70. The molecule has 5 nitrogen and oxygen atoms in total. The number of aliphatic hydroxyl groups excluding tert-OH is 1. The molecule has 1 aromatic rings. The molecule has 0 bridgehead atoms. The highest BCUT2D eigenvalue weighted by molar-refractivity contribution is 5.86. The predicted octanol–water partition coefficient (Wildman–Crippen LogP) is 1.90. The highest BCUT2D eigenvalue weighted by Gasteiger charge is 2.24. The number of oxime groups is 1. The number of rotatable bonds is 4. The van der Waals surface area contributed by atoms with Crippen LogP contribution in [0, 0.1) is 5.92 Å². The molecule has 0 aromatic heterocycles. The minimum atomic E-state index is -0.537. The topological polar surface area (TPSA) is 65.3 Å². The van der Waals surface area contributed by atoms with Gasteiger partial charge in [0.05, 0.1) is 18.9 Å².